The summed E-state index contributed by atoms with van der Waals surface area (Å²) in [5.41, 5.74) is 0. The maximum Gasteiger partial charge on any atom is 0.243 e. The number of carbonyl (C=O) groups is 2. The van der Waals surface area contributed by atoms with Crippen LogP contribution in [0.4, 0.5) is 0 Å². The summed E-state index contributed by atoms with van der Waals surface area (Å²) in [7, 11) is 0. The van der Waals surface area contributed by atoms with Crippen molar-refractivity contribution in [3.8, 4) is 0 Å². The minimum atomic E-state index is -0.0424. The van der Waals surface area contributed by atoms with Crippen molar-refractivity contribution in [1.82, 2.24) is 10.6 Å². The Morgan fingerprint density at radius 2 is 0.968 bits per heavy atom. The van der Waals surface area contributed by atoms with Crippen molar-refractivity contribution in [1.29, 1.82) is 0 Å². The Labute approximate surface area is 191 Å². The van der Waals surface area contributed by atoms with Gasteiger partial charge in [0.2, 0.25) is 11.8 Å². The Kier molecular flexibility index (Phi) is 16.9. The molecule has 0 spiro atoms. The molecule has 0 aromatic carbocycles. The molecule has 1 rings (SSSR count). The van der Waals surface area contributed by atoms with Gasteiger partial charge in [0.05, 0.1) is 12.1 Å². The third-order valence-electron chi connectivity index (χ3n) is 5.93. The Morgan fingerprint density at radius 3 is 1.35 bits per heavy atom. The molecule has 2 atom stereocenters. The first-order chi connectivity index (χ1) is 15.2. The molecule has 4 nitrogen and oxygen atoms in total. The second-order valence-corrected chi connectivity index (χ2v) is 9.09. The third-order valence-corrected chi connectivity index (χ3v) is 5.93. The molecule has 2 amide bonds. The maximum atomic E-state index is 12.0. The van der Waals surface area contributed by atoms with Crippen LogP contribution in [-0.4, -0.2) is 23.9 Å². The maximum absolute atomic E-state index is 12.0. The molecule has 178 valence electrons. The standard InChI is InChI=1S/C27H48N2O2/c1-3-5-7-9-11-13-15-17-19-21-26(30)28-24-23-25(24)29-27(31)22-20-18-16-14-12-10-8-6-4-2/h19-22,24-25H,3-18,23H2,1-2H3,(H,28,30)(H,29,31). The summed E-state index contributed by atoms with van der Waals surface area (Å²) in [5.74, 6) is -0.0849. The number of unbranched alkanes of at least 4 members (excludes halogenated alkanes) is 14. The topological polar surface area (TPSA) is 58.2 Å². The van der Waals surface area contributed by atoms with Gasteiger partial charge in [0.15, 0.2) is 0 Å². The lowest BCUT2D eigenvalue weighted by Gasteiger charge is -2.03. The van der Waals surface area contributed by atoms with Crippen LogP contribution in [0.5, 0.6) is 0 Å². The molecule has 1 aliphatic carbocycles. The van der Waals surface area contributed by atoms with Gasteiger partial charge in [-0.25, -0.2) is 0 Å². The monoisotopic (exact) mass is 432 g/mol. The lowest BCUT2D eigenvalue weighted by Crippen LogP contribution is -2.33. The highest BCUT2D eigenvalue weighted by Crippen LogP contribution is 2.21. The molecule has 4 heteroatoms. The van der Waals surface area contributed by atoms with Crippen LogP contribution in [0.2, 0.25) is 0 Å². The normalized spacial score (nSPS) is 18.0. The summed E-state index contributed by atoms with van der Waals surface area (Å²) < 4.78 is 0. The van der Waals surface area contributed by atoms with Crippen molar-refractivity contribution in [2.75, 3.05) is 0 Å². The van der Waals surface area contributed by atoms with E-state index in [-0.39, 0.29) is 23.9 Å². The number of carbonyl (C=O) groups excluding carboxylic acids is 2. The van der Waals surface area contributed by atoms with Crippen molar-refractivity contribution in [3.05, 3.63) is 24.3 Å². The molecule has 0 saturated heterocycles. The summed E-state index contributed by atoms with van der Waals surface area (Å²) in [5, 5.41) is 5.95. The van der Waals surface area contributed by atoms with Crippen molar-refractivity contribution in [3.63, 3.8) is 0 Å². The van der Waals surface area contributed by atoms with Crippen LogP contribution in [0.15, 0.2) is 24.3 Å². The highest BCUT2D eigenvalue weighted by molar-refractivity contribution is 5.89. The first-order valence-corrected chi connectivity index (χ1v) is 13.1. The van der Waals surface area contributed by atoms with Gasteiger partial charge in [-0.2, -0.15) is 0 Å². The lowest BCUT2D eigenvalue weighted by molar-refractivity contribution is -0.118. The van der Waals surface area contributed by atoms with Crippen LogP contribution in [0.25, 0.3) is 0 Å². The molecule has 0 heterocycles. The highest BCUT2D eigenvalue weighted by Gasteiger charge is 2.38. The largest absolute Gasteiger partial charge is 0.348 e. The fourth-order valence-corrected chi connectivity index (χ4v) is 3.80. The summed E-state index contributed by atoms with van der Waals surface area (Å²) >= 11 is 0. The number of hydrogen-bond acceptors (Lipinski definition) is 2. The van der Waals surface area contributed by atoms with Crippen molar-refractivity contribution >= 4 is 11.8 Å². The Bertz CT molecular complexity index is 481. The third kappa shape index (κ3) is 16.7. The zero-order valence-electron chi connectivity index (χ0n) is 20.3. The van der Waals surface area contributed by atoms with Gasteiger partial charge < -0.3 is 10.6 Å². The number of allylic oxidation sites excluding steroid dienone is 2. The molecule has 2 unspecified atom stereocenters. The number of amides is 2. The average molecular weight is 433 g/mol. The molecule has 0 aromatic heterocycles. The Hall–Kier alpha value is -1.58. The van der Waals surface area contributed by atoms with Crippen molar-refractivity contribution in [2.24, 2.45) is 0 Å². The van der Waals surface area contributed by atoms with E-state index in [9.17, 15) is 9.59 Å². The number of nitrogens with one attached hydrogen (secondary N) is 2. The average Bonchev–Trinajstić information content (AvgIpc) is 3.47. The molecular weight excluding hydrogens is 384 g/mol. The minimum absolute atomic E-state index is 0.0424. The minimum Gasteiger partial charge on any atom is -0.348 e. The van der Waals surface area contributed by atoms with Gasteiger partial charge in [-0.3, -0.25) is 9.59 Å². The predicted octanol–water partition coefficient (Wildman–Crippen LogP) is 6.75. The quantitative estimate of drug-likeness (QED) is 0.165. The van der Waals surface area contributed by atoms with E-state index in [0.717, 1.165) is 32.1 Å². The van der Waals surface area contributed by atoms with Gasteiger partial charge in [0.25, 0.3) is 0 Å². The number of rotatable bonds is 20. The molecule has 1 aliphatic rings. The van der Waals surface area contributed by atoms with Crippen LogP contribution in [0, 0.1) is 0 Å². The zero-order valence-corrected chi connectivity index (χ0v) is 20.3. The first-order valence-electron chi connectivity index (χ1n) is 13.1. The van der Waals surface area contributed by atoms with Gasteiger partial charge >= 0.3 is 0 Å². The van der Waals surface area contributed by atoms with Gasteiger partial charge in [0.1, 0.15) is 0 Å². The van der Waals surface area contributed by atoms with Crippen LogP contribution in [-0.2, 0) is 9.59 Å². The van der Waals surface area contributed by atoms with E-state index in [1.165, 1.54) is 77.0 Å². The first kappa shape index (κ1) is 27.5. The summed E-state index contributed by atoms with van der Waals surface area (Å²) in [6.07, 6.45) is 28.1. The fourth-order valence-electron chi connectivity index (χ4n) is 3.80. The smallest absolute Gasteiger partial charge is 0.243 e. The van der Waals surface area contributed by atoms with E-state index < -0.39 is 0 Å². The molecule has 2 N–H and O–H groups in total. The highest BCUT2D eigenvalue weighted by atomic mass is 16.2. The molecule has 31 heavy (non-hydrogen) atoms. The van der Waals surface area contributed by atoms with Crippen molar-refractivity contribution < 1.29 is 9.59 Å². The fraction of sp³-hybridized carbons (Fsp3) is 0.778. The molecule has 0 radical (unpaired) electrons. The van der Waals surface area contributed by atoms with Crippen LogP contribution >= 0.6 is 0 Å². The summed E-state index contributed by atoms with van der Waals surface area (Å²) in [6, 6.07) is 0.160. The van der Waals surface area contributed by atoms with Gasteiger partial charge in [-0.05, 0) is 44.3 Å². The van der Waals surface area contributed by atoms with E-state index in [1.807, 2.05) is 12.2 Å². The predicted molar refractivity (Wildman–Crippen MR) is 132 cm³/mol. The molecule has 1 saturated carbocycles. The van der Waals surface area contributed by atoms with E-state index in [4.69, 9.17) is 0 Å². The van der Waals surface area contributed by atoms with E-state index in [0.29, 0.717) is 0 Å². The van der Waals surface area contributed by atoms with Gasteiger partial charge in [-0.15, -0.1) is 0 Å². The second-order valence-electron chi connectivity index (χ2n) is 9.09. The zero-order chi connectivity index (χ0) is 22.6. The summed E-state index contributed by atoms with van der Waals surface area (Å²) in [6.45, 7) is 4.48. The second kappa shape index (κ2) is 19.1. The van der Waals surface area contributed by atoms with E-state index in [1.54, 1.807) is 12.2 Å². The van der Waals surface area contributed by atoms with Gasteiger partial charge in [-0.1, -0.05) is 103 Å². The SMILES string of the molecule is CCCCCCCCCC=CC(=O)NC1CC1NC(=O)C=CCCCCCCCCC. The molecule has 0 aliphatic heterocycles. The molecular formula is C27H48N2O2. The van der Waals surface area contributed by atoms with Crippen LogP contribution < -0.4 is 10.6 Å². The van der Waals surface area contributed by atoms with Crippen LogP contribution in [0.3, 0.4) is 0 Å². The number of hydrogen-bond donors (Lipinski definition) is 2. The Morgan fingerprint density at radius 1 is 0.613 bits per heavy atom. The lowest BCUT2D eigenvalue weighted by atomic mass is 10.1. The van der Waals surface area contributed by atoms with Gasteiger partial charge in [0, 0.05) is 0 Å². The Balaban J connectivity index is 1.97. The molecule has 1 fully saturated rings. The molecule has 0 bridgehead atoms. The van der Waals surface area contributed by atoms with E-state index >= 15 is 0 Å². The summed E-state index contributed by atoms with van der Waals surface area (Å²) in [4.78, 5) is 23.9. The van der Waals surface area contributed by atoms with Crippen LogP contribution in [0.1, 0.15) is 123 Å². The van der Waals surface area contributed by atoms with Crippen molar-refractivity contribution in [2.45, 2.75) is 135 Å². The van der Waals surface area contributed by atoms with E-state index in [2.05, 4.69) is 24.5 Å². The molecule has 0 aromatic rings.